The van der Waals surface area contributed by atoms with E-state index < -0.39 is 10.0 Å². The fourth-order valence-electron chi connectivity index (χ4n) is 4.69. The Hall–Kier alpha value is -2.68. The van der Waals surface area contributed by atoms with Gasteiger partial charge in [-0.25, -0.2) is 17.5 Å². The largest absolute Gasteiger partial charge is 0.468 e. The number of halogens is 1. The predicted molar refractivity (Wildman–Crippen MR) is 127 cm³/mol. The molecule has 0 radical (unpaired) electrons. The van der Waals surface area contributed by atoms with Crippen LogP contribution >= 0.6 is 0 Å². The van der Waals surface area contributed by atoms with E-state index in [1.165, 1.54) is 12.1 Å². The van der Waals surface area contributed by atoms with Crippen LogP contribution in [0.2, 0.25) is 0 Å². The molecule has 176 valence electrons. The number of hydrogen-bond donors (Lipinski definition) is 1. The Bertz CT molecular complexity index is 1160. The molecule has 0 saturated carbocycles. The summed E-state index contributed by atoms with van der Waals surface area (Å²) in [5, 5.41) is 0. The lowest BCUT2D eigenvalue weighted by atomic mass is 10.1. The van der Waals surface area contributed by atoms with Crippen molar-refractivity contribution in [3.63, 3.8) is 0 Å². The number of nitrogens with zero attached hydrogens (tertiary/aromatic N) is 2. The second-order valence-electron chi connectivity index (χ2n) is 8.61. The van der Waals surface area contributed by atoms with Crippen LogP contribution in [0.5, 0.6) is 0 Å². The molecule has 0 unspecified atom stereocenters. The Morgan fingerprint density at radius 3 is 2.21 bits per heavy atom. The normalized spacial score (nSPS) is 16.2. The van der Waals surface area contributed by atoms with Crippen LogP contribution in [-0.4, -0.2) is 46.0 Å². The van der Waals surface area contributed by atoms with Crippen LogP contribution in [0.25, 0.3) is 0 Å². The van der Waals surface area contributed by atoms with Gasteiger partial charge in [0.05, 0.1) is 17.2 Å². The number of aryl methyl sites for hydroxylation is 3. The van der Waals surface area contributed by atoms with Crippen molar-refractivity contribution in [1.82, 2.24) is 9.62 Å². The van der Waals surface area contributed by atoms with Gasteiger partial charge in [-0.3, -0.25) is 4.90 Å². The number of anilines is 1. The summed E-state index contributed by atoms with van der Waals surface area (Å²) in [6.07, 6.45) is 1.61. The summed E-state index contributed by atoms with van der Waals surface area (Å²) in [4.78, 5) is 4.78. The Morgan fingerprint density at radius 1 is 1.00 bits per heavy atom. The maximum Gasteiger partial charge on any atom is 0.241 e. The monoisotopic (exact) mass is 471 g/mol. The number of sulfonamides is 1. The number of rotatable bonds is 7. The first kappa shape index (κ1) is 23.5. The third-order valence-corrected chi connectivity index (χ3v) is 7.89. The Kier molecular flexibility index (Phi) is 6.88. The molecule has 0 bridgehead atoms. The minimum absolute atomic E-state index is 0.207. The fourth-order valence-corrected chi connectivity index (χ4v) is 6.17. The summed E-state index contributed by atoms with van der Waals surface area (Å²) in [7, 11) is -3.69. The van der Waals surface area contributed by atoms with Crippen molar-refractivity contribution < 1.29 is 17.2 Å². The summed E-state index contributed by atoms with van der Waals surface area (Å²) >= 11 is 0. The van der Waals surface area contributed by atoms with Crippen molar-refractivity contribution in [2.24, 2.45) is 0 Å². The molecular formula is C25H30FN3O3S. The lowest BCUT2D eigenvalue weighted by molar-refractivity contribution is 0.166. The van der Waals surface area contributed by atoms with Gasteiger partial charge in [-0.1, -0.05) is 17.7 Å². The van der Waals surface area contributed by atoms with Gasteiger partial charge in [-0.2, -0.15) is 0 Å². The molecule has 0 aliphatic carbocycles. The van der Waals surface area contributed by atoms with E-state index in [0.717, 1.165) is 54.3 Å². The van der Waals surface area contributed by atoms with Crippen molar-refractivity contribution in [2.75, 3.05) is 37.6 Å². The van der Waals surface area contributed by atoms with Gasteiger partial charge < -0.3 is 9.32 Å². The molecule has 1 atom stereocenters. The molecule has 0 spiro atoms. The van der Waals surface area contributed by atoms with E-state index in [2.05, 4.69) is 14.5 Å². The second kappa shape index (κ2) is 9.67. The predicted octanol–water partition coefficient (Wildman–Crippen LogP) is 4.19. The molecule has 1 saturated heterocycles. The average Bonchev–Trinajstić information content (AvgIpc) is 3.28. The zero-order valence-electron chi connectivity index (χ0n) is 19.2. The first-order valence-electron chi connectivity index (χ1n) is 11.1. The number of piperazine rings is 1. The molecular weight excluding hydrogens is 441 g/mol. The summed E-state index contributed by atoms with van der Waals surface area (Å²) in [5.41, 5.74) is 3.50. The van der Waals surface area contributed by atoms with E-state index >= 15 is 0 Å². The molecule has 1 aromatic heterocycles. The molecule has 1 N–H and O–H groups in total. The maximum atomic E-state index is 13.3. The van der Waals surface area contributed by atoms with E-state index in [0.29, 0.717) is 4.90 Å². The molecule has 1 fully saturated rings. The van der Waals surface area contributed by atoms with Crippen LogP contribution in [0.1, 0.15) is 28.5 Å². The van der Waals surface area contributed by atoms with Gasteiger partial charge in [0.2, 0.25) is 10.0 Å². The smallest absolute Gasteiger partial charge is 0.241 e. The van der Waals surface area contributed by atoms with E-state index in [1.807, 2.05) is 45.0 Å². The van der Waals surface area contributed by atoms with Gasteiger partial charge in [0.25, 0.3) is 0 Å². The SMILES string of the molecule is Cc1cc(C)c(S(=O)(=O)NC[C@H](c2ccco2)N2CCN(c3ccc(F)cc3)CC2)c(C)c1. The summed E-state index contributed by atoms with van der Waals surface area (Å²) in [6, 6.07) is 13.8. The highest BCUT2D eigenvalue weighted by atomic mass is 32.2. The summed E-state index contributed by atoms with van der Waals surface area (Å²) in [5.74, 6) is 0.479. The Morgan fingerprint density at radius 2 is 1.64 bits per heavy atom. The van der Waals surface area contributed by atoms with Crippen LogP contribution in [0.3, 0.4) is 0 Å². The Labute approximate surface area is 195 Å². The summed E-state index contributed by atoms with van der Waals surface area (Å²) in [6.45, 7) is 8.79. The molecule has 2 heterocycles. The van der Waals surface area contributed by atoms with Crippen molar-refractivity contribution >= 4 is 15.7 Å². The van der Waals surface area contributed by atoms with E-state index in [-0.39, 0.29) is 18.4 Å². The zero-order valence-corrected chi connectivity index (χ0v) is 20.0. The molecule has 33 heavy (non-hydrogen) atoms. The first-order valence-corrected chi connectivity index (χ1v) is 12.6. The first-order chi connectivity index (χ1) is 15.7. The quantitative estimate of drug-likeness (QED) is 0.560. The lowest BCUT2D eigenvalue weighted by Crippen LogP contribution is -2.49. The minimum atomic E-state index is -3.69. The lowest BCUT2D eigenvalue weighted by Gasteiger charge is -2.39. The van der Waals surface area contributed by atoms with Gasteiger partial charge in [0.1, 0.15) is 11.6 Å². The molecule has 0 amide bonds. The van der Waals surface area contributed by atoms with Gasteiger partial charge in [0.15, 0.2) is 0 Å². The third-order valence-electron chi connectivity index (χ3n) is 6.16. The molecule has 4 rings (SSSR count). The van der Waals surface area contributed by atoms with Crippen molar-refractivity contribution in [2.45, 2.75) is 31.7 Å². The average molecular weight is 472 g/mol. The van der Waals surface area contributed by atoms with Crippen LogP contribution < -0.4 is 9.62 Å². The maximum absolute atomic E-state index is 13.3. The standard InChI is InChI=1S/C25H30FN3O3S/c1-18-15-19(2)25(20(3)16-18)33(30,31)27-17-23(24-5-4-14-32-24)29-12-10-28(11-13-29)22-8-6-21(26)7-9-22/h4-9,14-16,23,27H,10-13,17H2,1-3H3/t23-/m1/s1. The number of hydrogen-bond acceptors (Lipinski definition) is 5. The van der Waals surface area contributed by atoms with Gasteiger partial charge >= 0.3 is 0 Å². The second-order valence-corrected chi connectivity index (χ2v) is 10.3. The van der Waals surface area contributed by atoms with Gasteiger partial charge in [0, 0.05) is 38.4 Å². The van der Waals surface area contributed by atoms with E-state index in [9.17, 15) is 12.8 Å². The topological polar surface area (TPSA) is 65.8 Å². The number of furan rings is 1. The number of nitrogens with one attached hydrogen (secondary N) is 1. The van der Waals surface area contributed by atoms with Crippen LogP contribution in [-0.2, 0) is 10.0 Å². The van der Waals surface area contributed by atoms with Crippen LogP contribution in [0, 0.1) is 26.6 Å². The molecule has 3 aromatic rings. The van der Waals surface area contributed by atoms with E-state index in [4.69, 9.17) is 4.42 Å². The Balaban J connectivity index is 1.48. The fraction of sp³-hybridized carbons (Fsp3) is 0.360. The molecule has 1 aliphatic rings. The van der Waals surface area contributed by atoms with Gasteiger partial charge in [-0.05, 0) is 68.3 Å². The minimum Gasteiger partial charge on any atom is -0.468 e. The highest BCUT2D eigenvalue weighted by Crippen LogP contribution is 2.26. The molecule has 2 aromatic carbocycles. The molecule has 6 nitrogen and oxygen atoms in total. The van der Waals surface area contributed by atoms with E-state index in [1.54, 1.807) is 18.4 Å². The molecule has 8 heteroatoms. The van der Waals surface area contributed by atoms with Crippen molar-refractivity contribution in [1.29, 1.82) is 0 Å². The van der Waals surface area contributed by atoms with Gasteiger partial charge in [-0.15, -0.1) is 0 Å². The third kappa shape index (κ3) is 5.29. The van der Waals surface area contributed by atoms with Crippen LogP contribution in [0.4, 0.5) is 10.1 Å². The number of benzene rings is 2. The zero-order chi connectivity index (χ0) is 23.6. The van der Waals surface area contributed by atoms with Crippen molar-refractivity contribution in [3.8, 4) is 0 Å². The highest BCUT2D eigenvalue weighted by Gasteiger charge is 2.29. The summed E-state index contributed by atoms with van der Waals surface area (Å²) < 4.78 is 48.2. The van der Waals surface area contributed by atoms with Crippen molar-refractivity contribution in [3.05, 3.63) is 83.1 Å². The highest BCUT2D eigenvalue weighted by molar-refractivity contribution is 7.89. The molecule has 1 aliphatic heterocycles. The van der Waals surface area contributed by atoms with Crippen LogP contribution in [0.15, 0.2) is 64.1 Å².